The number of aromatic carboxylic acids is 1. The van der Waals surface area contributed by atoms with Crippen LogP contribution in [-0.2, 0) is 4.79 Å². The molecule has 0 aromatic heterocycles. The fraction of sp³-hybridized carbons (Fsp3) is 0.250. The molecule has 2 aromatic rings. The number of unbranched alkanes of at least 4 members (excludes halogenated alkanes) is 1. The number of anilines is 1. The second-order valence-corrected chi connectivity index (χ2v) is 4.62. The monoisotopic (exact) mass is 287 g/mol. The first-order chi connectivity index (χ1) is 10.2. The maximum absolute atomic E-state index is 11.6. The molecule has 0 spiro atoms. The van der Waals surface area contributed by atoms with Crippen LogP contribution in [0.3, 0.4) is 0 Å². The van der Waals surface area contributed by atoms with Crippen molar-refractivity contribution < 1.29 is 19.4 Å². The van der Waals surface area contributed by atoms with Crippen LogP contribution in [0.25, 0.3) is 10.8 Å². The predicted octanol–water partition coefficient (Wildman–Crippen LogP) is 3.29. The molecular weight excluding hydrogens is 270 g/mol. The van der Waals surface area contributed by atoms with E-state index in [1.54, 1.807) is 18.2 Å². The number of hydrogen-bond acceptors (Lipinski definition) is 3. The van der Waals surface area contributed by atoms with E-state index >= 15 is 0 Å². The SMILES string of the molecule is CCCCOc1cc2ccccc2c(NC=O)c1C(=O)O. The van der Waals surface area contributed by atoms with Crippen molar-refractivity contribution in [3.8, 4) is 5.75 Å². The molecule has 0 unspecified atom stereocenters. The lowest BCUT2D eigenvalue weighted by Gasteiger charge is -2.15. The molecule has 0 atom stereocenters. The van der Waals surface area contributed by atoms with Crippen molar-refractivity contribution >= 4 is 28.8 Å². The van der Waals surface area contributed by atoms with Crippen LogP contribution in [0.2, 0.25) is 0 Å². The molecule has 0 saturated heterocycles. The Bertz CT molecular complexity index is 667. The maximum Gasteiger partial charge on any atom is 0.341 e. The third kappa shape index (κ3) is 3.13. The number of ether oxygens (including phenoxy) is 1. The Kier molecular flexibility index (Phi) is 4.77. The van der Waals surface area contributed by atoms with E-state index in [4.69, 9.17) is 4.74 Å². The highest BCUT2D eigenvalue weighted by molar-refractivity contribution is 6.10. The summed E-state index contributed by atoms with van der Waals surface area (Å²) in [6.45, 7) is 2.47. The van der Waals surface area contributed by atoms with Gasteiger partial charge in [-0.25, -0.2) is 4.79 Å². The highest BCUT2D eigenvalue weighted by Crippen LogP contribution is 2.35. The van der Waals surface area contributed by atoms with Crippen LogP contribution < -0.4 is 10.1 Å². The van der Waals surface area contributed by atoms with Gasteiger partial charge in [-0.1, -0.05) is 37.6 Å². The highest BCUT2D eigenvalue weighted by Gasteiger charge is 2.20. The van der Waals surface area contributed by atoms with Crippen LogP contribution in [-0.4, -0.2) is 24.1 Å². The minimum absolute atomic E-state index is 0.0168. The molecule has 1 amide bonds. The van der Waals surface area contributed by atoms with Gasteiger partial charge in [0.05, 0.1) is 12.3 Å². The standard InChI is InChI=1S/C16H17NO4/c1-2-3-8-21-13-9-11-6-4-5-7-12(11)15(17-10-18)14(13)16(19)20/h4-7,9-10H,2-3,8H2,1H3,(H,17,18)(H,19,20). The quantitative estimate of drug-likeness (QED) is 0.605. The molecule has 0 aliphatic rings. The first-order valence-electron chi connectivity index (χ1n) is 6.81. The largest absolute Gasteiger partial charge is 0.493 e. The number of carboxylic acids is 1. The number of carboxylic acid groups (broad SMARTS) is 1. The van der Waals surface area contributed by atoms with Crippen molar-refractivity contribution in [1.29, 1.82) is 0 Å². The minimum Gasteiger partial charge on any atom is -0.493 e. The topological polar surface area (TPSA) is 75.6 Å². The first-order valence-corrected chi connectivity index (χ1v) is 6.81. The molecule has 0 fully saturated rings. The van der Waals surface area contributed by atoms with Gasteiger partial charge in [0.25, 0.3) is 0 Å². The van der Waals surface area contributed by atoms with Gasteiger partial charge in [-0.3, -0.25) is 4.79 Å². The van der Waals surface area contributed by atoms with E-state index in [0.717, 1.165) is 18.2 Å². The lowest BCUT2D eigenvalue weighted by molar-refractivity contribution is -0.105. The summed E-state index contributed by atoms with van der Waals surface area (Å²) in [5, 5.41) is 13.4. The van der Waals surface area contributed by atoms with Crippen LogP contribution in [0, 0.1) is 0 Å². The summed E-state index contributed by atoms with van der Waals surface area (Å²) in [6.07, 6.45) is 2.27. The molecule has 2 N–H and O–H groups in total. The van der Waals surface area contributed by atoms with Gasteiger partial charge < -0.3 is 15.2 Å². The molecule has 0 heterocycles. The summed E-state index contributed by atoms with van der Waals surface area (Å²) < 4.78 is 5.60. The molecule has 21 heavy (non-hydrogen) atoms. The fourth-order valence-corrected chi connectivity index (χ4v) is 2.18. The van der Waals surface area contributed by atoms with E-state index in [1.165, 1.54) is 0 Å². The smallest absolute Gasteiger partial charge is 0.341 e. The highest BCUT2D eigenvalue weighted by atomic mass is 16.5. The molecule has 110 valence electrons. The molecule has 0 aliphatic carbocycles. The lowest BCUT2D eigenvalue weighted by atomic mass is 10.0. The zero-order chi connectivity index (χ0) is 15.2. The molecule has 0 radical (unpaired) electrons. The summed E-state index contributed by atoms with van der Waals surface area (Å²) in [5.41, 5.74) is 0.249. The second-order valence-electron chi connectivity index (χ2n) is 4.62. The van der Waals surface area contributed by atoms with Crippen LogP contribution in [0.5, 0.6) is 5.75 Å². The zero-order valence-corrected chi connectivity index (χ0v) is 11.8. The van der Waals surface area contributed by atoms with E-state index in [9.17, 15) is 14.7 Å². The Morgan fingerprint density at radius 3 is 2.81 bits per heavy atom. The lowest BCUT2D eigenvalue weighted by Crippen LogP contribution is -2.09. The Hall–Kier alpha value is -2.56. The van der Waals surface area contributed by atoms with Gasteiger partial charge in [-0.2, -0.15) is 0 Å². The average molecular weight is 287 g/mol. The average Bonchev–Trinajstić information content (AvgIpc) is 2.47. The number of benzene rings is 2. The number of amides is 1. The van der Waals surface area contributed by atoms with Crippen molar-refractivity contribution in [2.45, 2.75) is 19.8 Å². The van der Waals surface area contributed by atoms with Gasteiger partial charge in [0.15, 0.2) is 0 Å². The number of fused-ring (bicyclic) bond motifs is 1. The van der Waals surface area contributed by atoms with Gasteiger partial charge in [0.1, 0.15) is 11.3 Å². The van der Waals surface area contributed by atoms with E-state index in [2.05, 4.69) is 5.32 Å². The van der Waals surface area contributed by atoms with Gasteiger partial charge in [0, 0.05) is 5.39 Å². The zero-order valence-electron chi connectivity index (χ0n) is 11.8. The molecule has 0 bridgehead atoms. The van der Waals surface area contributed by atoms with Gasteiger partial charge in [-0.15, -0.1) is 0 Å². The Morgan fingerprint density at radius 1 is 1.38 bits per heavy atom. The van der Waals surface area contributed by atoms with E-state index in [-0.39, 0.29) is 17.0 Å². The summed E-state index contributed by atoms with van der Waals surface area (Å²) in [5.74, 6) is -0.851. The fourth-order valence-electron chi connectivity index (χ4n) is 2.18. The Balaban J connectivity index is 2.62. The summed E-state index contributed by atoms with van der Waals surface area (Å²) in [6, 6.07) is 8.96. The van der Waals surface area contributed by atoms with Crippen LogP contribution in [0.1, 0.15) is 30.1 Å². The predicted molar refractivity (Wildman–Crippen MR) is 81.0 cm³/mol. The van der Waals surface area contributed by atoms with Crippen LogP contribution >= 0.6 is 0 Å². The van der Waals surface area contributed by atoms with Gasteiger partial charge in [-0.05, 0) is 17.9 Å². The molecule has 5 nitrogen and oxygen atoms in total. The van der Waals surface area contributed by atoms with Gasteiger partial charge >= 0.3 is 5.97 Å². The summed E-state index contributed by atoms with van der Waals surface area (Å²) in [7, 11) is 0. The molecule has 5 heteroatoms. The van der Waals surface area contributed by atoms with Crippen LogP contribution in [0.4, 0.5) is 5.69 Å². The number of rotatable bonds is 7. The Morgan fingerprint density at radius 2 is 2.14 bits per heavy atom. The normalized spacial score (nSPS) is 10.3. The number of hydrogen-bond donors (Lipinski definition) is 2. The molecule has 0 saturated carbocycles. The third-order valence-electron chi connectivity index (χ3n) is 3.19. The minimum atomic E-state index is -1.13. The van der Waals surface area contributed by atoms with Crippen LogP contribution in [0.15, 0.2) is 30.3 Å². The number of carbonyl (C=O) groups excluding carboxylic acids is 1. The molecular formula is C16H17NO4. The third-order valence-corrected chi connectivity index (χ3v) is 3.19. The van der Waals surface area contributed by atoms with Crippen molar-refractivity contribution in [2.75, 3.05) is 11.9 Å². The van der Waals surface area contributed by atoms with Crippen molar-refractivity contribution in [2.24, 2.45) is 0 Å². The number of nitrogens with one attached hydrogen (secondary N) is 1. The van der Waals surface area contributed by atoms with Gasteiger partial charge in [0.2, 0.25) is 6.41 Å². The summed E-state index contributed by atoms with van der Waals surface area (Å²) in [4.78, 5) is 22.4. The maximum atomic E-state index is 11.6. The Labute approximate surface area is 122 Å². The number of carbonyl (C=O) groups is 2. The van der Waals surface area contributed by atoms with E-state index in [0.29, 0.717) is 18.4 Å². The molecule has 2 rings (SSSR count). The molecule has 2 aromatic carbocycles. The van der Waals surface area contributed by atoms with E-state index < -0.39 is 5.97 Å². The van der Waals surface area contributed by atoms with Crippen molar-refractivity contribution in [3.63, 3.8) is 0 Å². The van der Waals surface area contributed by atoms with E-state index in [1.807, 2.05) is 19.1 Å². The summed E-state index contributed by atoms with van der Waals surface area (Å²) >= 11 is 0. The van der Waals surface area contributed by atoms with Crippen molar-refractivity contribution in [3.05, 3.63) is 35.9 Å². The van der Waals surface area contributed by atoms with Crippen molar-refractivity contribution in [1.82, 2.24) is 0 Å². The second kappa shape index (κ2) is 6.74. The molecule has 0 aliphatic heterocycles. The first kappa shape index (κ1) is 14.8.